The third kappa shape index (κ3) is 5.91. The van der Waals surface area contributed by atoms with E-state index < -0.39 is 0 Å². The fourth-order valence-corrected chi connectivity index (χ4v) is 5.98. The highest BCUT2D eigenvalue weighted by atomic mass is 14.3. The van der Waals surface area contributed by atoms with Gasteiger partial charge in [-0.05, 0) is 110 Å². The monoisotopic (exact) mass is 414 g/mol. The molecule has 0 N–H and O–H groups in total. The third-order valence-corrected chi connectivity index (χ3v) is 8.03. The van der Waals surface area contributed by atoms with Gasteiger partial charge in [0.2, 0.25) is 0 Å². The van der Waals surface area contributed by atoms with Crippen molar-refractivity contribution in [3.8, 4) is 0 Å². The summed E-state index contributed by atoms with van der Waals surface area (Å²) >= 11 is 0. The lowest BCUT2D eigenvalue weighted by Crippen LogP contribution is -2.14. The van der Waals surface area contributed by atoms with E-state index >= 15 is 0 Å². The van der Waals surface area contributed by atoms with E-state index in [1.165, 1.54) is 76.2 Å². The Labute approximate surface area is 191 Å². The lowest BCUT2D eigenvalue weighted by molar-refractivity contribution is 0.304. The molecule has 0 aromatic heterocycles. The maximum atomic E-state index is 2.48. The van der Waals surface area contributed by atoms with E-state index in [1.54, 1.807) is 22.3 Å². The van der Waals surface area contributed by atoms with Crippen molar-refractivity contribution in [1.29, 1.82) is 0 Å². The third-order valence-electron chi connectivity index (χ3n) is 8.03. The quantitative estimate of drug-likeness (QED) is 0.378. The standard InChI is InChI=1S/C31H42/c1-3-5-7-9-25-12-15-31-23-30(21-20-29(31)22-25)28-18-16-27(17-19-28)26-13-10-24(11-14-26)8-6-4-2/h3,5,12,15-19,22,24,26,30H,4,6-11,13-14,20-21,23H2,1-2H3/b5-3+. The van der Waals surface area contributed by atoms with E-state index in [9.17, 15) is 0 Å². The molecule has 0 radical (unpaired) electrons. The molecule has 1 atom stereocenters. The van der Waals surface area contributed by atoms with Crippen LogP contribution in [0.4, 0.5) is 0 Å². The van der Waals surface area contributed by atoms with Gasteiger partial charge in [-0.1, -0.05) is 80.8 Å². The summed E-state index contributed by atoms with van der Waals surface area (Å²) in [6.45, 7) is 4.43. The smallest absolute Gasteiger partial charge is 0.0118 e. The van der Waals surface area contributed by atoms with Crippen LogP contribution >= 0.6 is 0 Å². The molecule has 31 heavy (non-hydrogen) atoms. The molecule has 1 saturated carbocycles. The highest BCUT2D eigenvalue weighted by Crippen LogP contribution is 2.39. The van der Waals surface area contributed by atoms with Gasteiger partial charge in [-0.25, -0.2) is 0 Å². The van der Waals surface area contributed by atoms with Crippen molar-refractivity contribution in [2.24, 2.45) is 5.92 Å². The first-order chi connectivity index (χ1) is 15.3. The minimum Gasteiger partial charge on any atom is -0.0917 e. The van der Waals surface area contributed by atoms with Crippen LogP contribution in [0.1, 0.15) is 111 Å². The Morgan fingerprint density at radius 2 is 1.58 bits per heavy atom. The zero-order chi connectivity index (χ0) is 21.5. The Balaban J connectivity index is 1.33. The maximum absolute atomic E-state index is 2.48. The lowest BCUT2D eigenvalue weighted by atomic mass is 9.76. The Hall–Kier alpha value is -1.82. The van der Waals surface area contributed by atoms with Crippen LogP contribution in [0.2, 0.25) is 0 Å². The first-order valence-electron chi connectivity index (χ1n) is 13.1. The predicted molar refractivity (Wildman–Crippen MR) is 135 cm³/mol. The average Bonchev–Trinajstić information content (AvgIpc) is 2.83. The zero-order valence-corrected chi connectivity index (χ0v) is 19.9. The number of hydrogen-bond acceptors (Lipinski definition) is 0. The van der Waals surface area contributed by atoms with Gasteiger partial charge in [-0.3, -0.25) is 0 Å². The van der Waals surface area contributed by atoms with Crippen molar-refractivity contribution in [2.45, 2.75) is 103 Å². The van der Waals surface area contributed by atoms with E-state index in [1.807, 2.05) is 0 Å². The van der Waals surface area contributed by atoms with Gasteiger partial charge in [0.05, 0.1) is 0 Å². The highest BCUT2D eigenvalue weighted by Gasteiger charge is 2.23. The Kier molecular flexibility index (Phi) is 8.06. The second-order valence-corrected chi connectivity index (χ2v) is 10.2. The molecule has 4 rings (SSSR count). The van der Waals surface area contributed by atoms with E-state index in [0.717, 1.165) is 18.3 Å². The molecular weight excluding hydrogens is 372 g/mol. The Morgan fingerprint density at radius 1 is 0.839 bits per heavy atom. The van der Waals surface area contributed by atoms with Crippen molar-refractivity contribution in [3.63, 3.8) is 0 Å². The predicted octanol–water partition coefficient (Wildman–Crippen LogP) is 8.93. The van der Waals surface area contributed by atoms with Crippen molar-refractivity contribution in [3.05, 3.63) is 82.4 Å². The minimum atomic E-state index is 0.695. The van der Waals surface area contributed by atoms with Crippen molar-refractivity contribution in [2.75, 3.05) is 0 Å². The first kappa shape index (κ1) is 22.4. The molecule has 0 amide bonds. The van der Waals surface area contributed by atoms with E-state index in [2.05, 4.69) is 68.5 Å². The molecule has 0 spiro atoms. The fraction of sp³-hybridized carbons (Fsp3) is 0.548. The summed E-state index contributed by atoms with van der Waals surface area (Å²) in [4.78, 5) is 0. The van der Waals surface area contributed by atoms with Crippen LogP contribution in [0.15, 0.2) is 54.6 Å². The SMILES string of the molecule is C/C=C/CCc1ccc2c(c1)CCC(c1ccc(C3CCC(CCCC)CC3)cc1)C2. The van der Waals surface area contributed by atoms with Crippen LogP contribution in [0.25, 0.3) is 0 Å². The van der Waals surface area contributed by atoms with E-state index in [0.29, 0.717) is 5.92 Å². The van der Waals surface area contributed by atoms with Crippen molar-refractivity contribution in [1.82, 2.24) is 0 Å². The van der Waals surface area contributed by atoms with Gasteiger partial charge < -0.3 is 0 Å². The topological polar surface area (TPSA) is 0 Å². The molecule has 1 fully saturated rings. The largest absolute Gasteiger partial charge is 0.0917 e. The molecule has 1 unspecified atom stereocenters. The summed E-state index contributed by atoms with van der Waals surface area (Å²) in [6.07, 6.45) is 20.4. The van der Waals surface area contributed by atoms with Gasteiger partial charge in [-0.2, -0.15) is 0 Å². The molecular formula is C31H42. The van der Waals surface area contributed by atoms with Crippen LogP contribution in [0, 0.1) is 5.92 Å². The van der Waals surface area contributed by atoms with E-state index in [-0.39, 0.29) is 0 Å². The highest BCUT2D eigenvalue weighted by molar-refractivity contribution is 5.38. The number of hydrogen-bond donors (Lipinski definition) is 0. The number of unbranched alkanes of at least 4 members (excludes halogenated alkanes) is 1. The van der Waals surface area contributed by atoms with Gasteiger partial charge in [0.25, 0.3) is 0 Å². The van der Waals surface area contributed by atoms with Crippen LogP contribution in [0.3, 0.4) is 0 Å². The number of benzene rings is 2. The molecule has 0 heteroatoms. The first-order valence-corrected chi connectivity index (χ1v) is 13.1. The molecule has 166 valence electrons. The van der Waals surface area contributed by atoms with Gasteiger partial charge in [0.1, 0.15) is 0 Å². The molecule has 0 heterocycles. The van der Waals surface area contributed by atoms with Crippen LogP contribution in [0.5, 0.6) is 0 Å². The normalized spacial score (nSPS) is 23.7. The van der Waals surface area contributed by atoms with Gasteiger partial charge in [0.15, 0.2) is 0 Å². The van der Waals surface area contributed by atoms with Gasteiger partial charge in [0, 0.05) is 0 Å². The second kappa shape index (κ2) is 11.2. The van der Waals surface area contributed by atoms with Gasteiger partial charge in [-0.15, -0.1) is 0 Å². The van der Waals surface area contributed by atoms with E-state index in [4.69, 9.17) is 0 Å². The number of rotatable bonds is 8. The summed E-state index contributed by atoms with van der Waals surface area (Å²) in [5.74, 6) is 2.50. The average molecular weight is 415 g/mol. The number of fused-ring (bicyclic) bond motifs is 1. The summed E-state index contributed by atoms with van der Waals surface area (Å²) in [7, 11) is 0. The molecule has 2 aromatic rings. The summed E-state index contributed by atoms with van der Waals surface area (Å²) in [5, 5.41) is 0. The maximum Gasteiger partial charge on any atom is -0.0118 e. The summed E-state index contributed by atoms with van der Waals surface area (Å²) in [5.41, 5.74) is 7.85. The number of allylic oxidation sites excluding steroid dienone is 2. The number of aryl methyl sites for hydroxylation is 2. The Morgan fingerprint density at radius 3 is 2.29 bits per heavy atom. The van der Waals surface area contributed by atoms with Crippen LogP contribution < -0.4 is 0 Å². The lowest BCUT2D eigenvalue weighted by Gasteiger charge is -2.29. The van der Waals surface area contributed by atoms with Crippen molar-refractivity contribution >= 4 is 0 Å². The molecule has 0 aliphatic heterocycles. The molecule has 0 saturated heterocycles. The van der Waals surface area contributed by atoms with Gasteiger partial charge >= 0.3 is 0 Å². The second-order valence-electron chi connectivity index (χ2n) is 10.2. The van der Waals surface area contributed by atoms with Crippen LogP contribution in [-0.2, 0) is 19.3 Å². The molecule has 2 aliphatic carbocycles. The summed E-state index contributed by atoms with van der Waals surface area (Å²) < 4.78 is 0. The molecule has 2 aromatic carbocycles. The summed E-state index contributed by atoms with van der Waals surface area (Å²) in [6, 6.07) is 17.1. The van der Waals surface area contributed by atoms with Crippen molar-refractivity contribution < 1.29 is 0 Å². The molecule has 2 aliphatic rings. The zero-order valence-electron chi connectivity index (χ0n) is 19.9. The minimum absolute atomic E-state index is 0.695. The van der Waals surface area contributed by atoms with Crippen LogP contribution in [-0.4, -0.2) is 0 Å². The Bertz CT molecular complexity index is 833. The molecule has 0 nitrogen and oxygen atoms in total. The molecule has 0 bridgehead atoms. The fourth-order valence-electron chi connectivity index (χ4n) is 5.98.